The number of amides is 4. The van der Waals surface area contributed by atoms with Crippen LogP contribution >= 0.6 is 0 Å². The van der Waals surface area contributed by atoms with Gasteiger partial charge in [0.25, 0.3) is 23.6 Å². The summed E-state index contributed by atoms with van der Waals surface area (Å²) >= 11 is 0. The molecule has 0 saturated carbocycles. The van der Waals surface area contributed by atoms with E-state index in [1.807, 2.05) is 0 Å². The van der Waals surface area contributed by atoms with Crippen LogP contribution in [0, 0.1) is 0 Å². The molecule has 0 aromatic heterocycles. The molecular weight excluding hydrogens is 384 g/mol. The van der Waals surface area contributed by atoms with E-state index >= 15 is 0 Å². The minimum atomic E-state index is -0.581. The van der Waals surface area contributed by atoms with E-state index in [2.05, 4.69) is 0 Å². The molecule has 0 radical (unpaired) electrons. The number of hydroxylamine groups is 4. The van der Waals surface area contributed by atoms with Crippen molar-refractivity contribution >= 4 is 35.6 Å². The number of unbranched alkanes of at least 4 members (excludes halogenated alkanes) is 6. The molecule has 0 aromatic rings. The standard InChI is InChI=1S/C19H26N2O8/c22-14-10-11-15(23)20(14)28-18(26)8-6-4-2-1-3-5-7-9-19(27)29-21-16(24)12-13-17(21)25/h1-13H2. The van der Waals surface area contributed by atoms with Gasteiger partial charge in [-0.1, -0.05) is 32.1 Å². The third kappa shape index (κ3) is 7.28. The molecule has 2 heterocycles. The molecule has 4 amide bonds. The number of carbonyl (C=O) groups is 6. The van der Waals surface area contributed by atoms with E-state index in [4.69, 9.17) is 9.68 Å². The van der Waals surface area contributed by atoms with Crippen molar-refractivity contribution < 1.29 is 38.4 Å². The number of imide groups is 2. The van der Waals surface area contributed by atoms with Gasteiger partial charge in [-0.3, -0.25) is 19.2 Å². The lowest BCUT2D eigenvalue weighted by atomic mass is 10.1. The number of carbonyl (C=O) groups excluding carboxylic acids is 6. The number of nitrogens with zero attached hydrogens (tertiary/aromatic N) is 2. The Morgan fingerprint density at radius 3 is 1.14 bits per heavy atom. The van der Waals surface area contributed by atoms with Gasteiger partial charge in [-0.25, -0.2) is 9.59 Å². The molecule has 10 nitrogen and oxygen atoms in total. The molecular formula is C19H26N2O8. The van der Waals surface area contributed by atoms with Gasteiger partial charge in [-0.05, 0) is 12.8 Å². The first kappa shape index (κ1) is 22.5. The maximum atomic E-state index is 11.6. The highest BCUT2D eigenvalue weighted by molar-refractivity contribution is 6.02. The van der Waals surface area contributed by atoms with E-state index < -0.39 is 35.6 Å². The second-order valence-corrected chi connectivity index (χ2v) is 7.07. The molecule has 0 unspecified atom stereocenters. The van der Waals surface area contributed by atoms with Crippen LogP contribution in [0.15, 0.2) is 0 Å². The molecule has 2 saturated heterocycles. The predicted octanol–water partition coefficient (Wildman–Crippen LogP) is 1.71. The monoisotopic (exact) mass is 410 g/mol. The largest absolute Gasteiger partial charge is 0.333 e. The molecule has 0 bridgehead atoms. The number of rotatable bonds is 12. The van der Waals surface area contributed by atoms with Crippen LogP contribution in [0.3, 0.4) is 0 Å². The Bertz CT molecular complexity index is 587. The maximum Gasteiger partial charge on any atom is 0.333 e. The highest BCUT2D eigenvalue weighted by Gasteiger charge is 2.33. The lowest BCUT2D eigenvalue weighted by Gasteiger charge is -2.12. The number of hydrogen-bond acceptors (Lipinski definition) is 8. The Labute approximate surface area is 168 Å². The summed E-state index contributed by atoms with van der Waals surface area (Å²) in [5.41, 5.74) is 0. The van der Waals surface area contributed by atoms with Crippen LogP contribution in [0.4, 0.5) is 0 Å². The summed E-state index contributed by atoms with van der Waals surface area (Å²) in [4.78, 5) is 78.2. The summed E-state index contributed by atoms with van der Waals surface area (Å²) in [5, 5.41) is 1.12. The van der Waals surface area contributed by atoms with E-state index in [1.54, 1.807) is 0 Å². The third-order valence-electron chi connectivity index (χ3n) is 4.66. The van der Waals surface area contributed by atoms with E-state index in [1.165, 1.54) is 0 Å². The fourth-order valence-electron chi connectivity index (χ4n) is 3.03. The molecule has 2 aliphatic heterocycles. The van der Waals surface area contributed by atoms with Gasteiger partial charge in [-0.15, -0.1) is 10.1 Å². The second kappa shape index (κ2) is 11.3. The van der Waals surface area contributed by atoms with Gasteiger partial charge in [0.15, 0.2) is 0 Å². The molecule has 0 N–H and O–H groups in total. The van der Waals surface area contributed by atoms with Crippen molar-refractivity contribution in [1.29, 1.82) is 0 Å². The molecule has 0 aromatic carbocycles. The van der Waals surface area contributed by atoms with Crippen LogP contribution in [-0.4, -0.2) is 45.7 Å². The van der Waals surface area contributed by atoms with Crippen molar-refractivity contribution in [1.82, 2.24) is 10.1 Å². The molecule has 2 rings (SSSR count). The van der Waals surface area contributed by atoms with Gasteiger partial charge >= 0.3 is 11.9 Å². The van der Waals surface area contributed by atoms with Crippen LogP contribution in [0.5, 0.6) is 0 Å². The van der Waals surface area contributed by atoms with Crippen molar-refractivity contribution in [2.24, 2.45) is 0 Å². The zero-order valence-electron chi connectivity index (χ0n) is 16.4. The lowest BCUT2D eigenvalue weighted by molar-refractivity contribution is -0.197. The molecule has 10 heteroatoms. The van der Waals surface area contributed by atoms with Crippen LogP contribution < -0.4 is 0 Å². The van der Waals surface area contributed by atoms with Gasteiger partial charge in [0.2, 0.25) is 0 Å². The van der Waals surface area contributed by atoms with Gasteiger partial charge in [0.1, 0.15) is 0 Å². The first-order valence-electron chi connectivity index (χ1n) is 10.0. The van der Waals surface area contributed by atoms with E-state index in [0.29, 0.717) is 23.0 Å². The minimum absolute atomic E-state index is 0.0817. The summed E-state index contributed by atoms with van der Waals surface area (Å²) < 4.78 is 0. The SMILES string of the molecule is O=C(CCCCCCCCCC(=O)ON1C(=O)CCC1=O)ON1C(=O)CCC1=O. The van der Waals surface area contributed by atoms with Gasteiger partial charge in [0.05, 0.1) is 0 Å². The Morgan fingerprint density at radius 1 is 0.552 bits per heavy atom. The molecule has 0 aliphatic carbocycles. The van der Waals surface area contributed by atoms with Crippen LogP contribution in [0.2, 0.25) is 0 Å². The van der Waals surface area contributed by atoms with Gasteiger partial charge < -0.3 is 9.68 Å². The Hall–Kier alpha value is -2.78. The van der Waals surface area contributed by atoms with Crippen molar-refractivity contribution in [3.05, 3.63) is 0 Å². The van der Waals surface area contributed by atoms with Crippen molar-refractivity contribution in [2.45, 2.75) is 83.5 Å². The Balaban J connectivity index is 1.42. The summed E-state index contributed by atoms with van der Waals surface area (Å²) in [6, 6.07) is 0. The second-order valence-electron chi connectivity index (χ2n) is 7.07. The highest BCUT2D eigenvalue weighted by atomic mass is 16.7. The van der Waals surface area contributed by atoms with Crippen molar-refractivity contribution in [2.75, 3.05) is 0 Å². The molecule has 0 atom stereocenters. The molecule has 160 valence electrons. The Morgan fingerprint density at radius 2 is 0.828 bits per heavy atom. The van der Waals surface area contributed by atoms with Crippen molar-refractivity contribution in [3.63, 3.8) is 0 Å². The first-order valence-corrected chi connectivity index (χ1v) is 10.0. The normalized spacial score (nSPS) is 16.7. The average molecular weight is 410 g/mol. The zero-order chi connectivity index (χ0) is 21.2. The summed E-state index contributed by atoms with van der Waals surface area (Å²) in [7, 11) is 0. The first-order chi connectivity index (χ1) is 13.9. The smallest absolute Gasteiger partial charge is 0.330 e. The zero-order valence-corrected chi connectivity index (χ0v) is 16.4. The Kier molecular flexibility index (Phi) is 8.75. The van der Waals surface area contributed by atoms with E-state index in [9.17, 15) is 28.8 Å². The summed E-state index contributed by atoms with van der Waals surface area (Å²) in [5.74, 6) is -3.09. The quantitative estimate of drug-likeness (QED) is 0.351. The summed E-state index contributed by atoms with van der Waals surface area (Å²) in [6.07, 6.45) is 6.25. The van der Waals surface area contributed by atoms with Crippen LogP contribution in [0.25, 0.3) is 0 Å². The highest BCUT2D eigenvalue weighted by Crippen LogP contribution is 2.16. The maximum absolute atomic E-state index is 11.6. The van der Waals surface area contributed by atoms with Crippen LogP contribution in [0.1, 0.15) is 83.5 Å². The third-order valence-corrected chi connectivity index (χ3v) is 4.66. The van der Waals surface area contributed by atoms with Crippen molar-refractivity contribution in [3.8, 4) is 0 Å². The molecule has 29 heavy (non-hydrogen) atoms. The molecule has 2 fully saturated rings. The lowest BCUT2D eigenvalue weighted by Crippen LogP contribution is -2.31. The van der Waals surface area contributed by atoms with Gasteiger partial charge in [0, 0.05) is 38.5 Å². The minimum Gasteiger partial charge on any atom is -0.330 e. The van der Waals surface area contributed by atoms with Crippen LogP contribution in [-0.2, 0) is 38.4 Å². The summed E-state index contributed by atoms with van der Waals surface area (Å²) in [6.45, 7) is 0. The fourth-order valence-corrected chi connectivity index (χ4v) is 3.03. The number of hydrogen-bond donors (Lipinski definition) is 0. The molecule has 2 aliphatic rings. The average Bonchev–Trinajstić information content (AvgIpc) is 3.16. The van der Waals surface area contributed by atoms with Gasteiger partial charge in [-0.2, -0.15) is 0 Å². The molecule has 0 spiro atoms. The topological polar surface area (TPSA) is 127 Å². The predicted molar refractivity (Wildman–Crippen MR) is 95.9 cm³/mol. The van der Waals surface area contributed by atoms with E-state index in [-0.39, 0.29) is 38.5 Å². The fraction of sp³-hybridized carbons (Fsp3) is 0.684. The van der Waals surface area contributed by atoms with E-state index in [0.717, 1.165) is 32.1 Å².